The molecule has 5 rings (SSSR count). The van der Waals surface area contributed by atoms with Crippen molar-refractivity contribution in [3.8, 4) is 17.0 Å². The Bertz CT molecular complexity index is 1210. The predicted octanol–water partition coefficient (Wildman–Crippen LogP) is 7.15. The van der Waals surface area contributed by atoms with Gasteiger partial charge < -0.3 is 10.1 Å². The van der Waals surface area contributed by atoms with E-state index in [0.29, 0.717) is 12.6 Å². The van der Waals surface area contributed by atoms with E-state index in [1.165, 1.54) is 31.2 Å². The molecule has 35 heavy (non-hydrogen) atoms. The lowest BCUT2D eigenvalue weighted by atomic mass is 10.1. The SMILES string of the molecule is c1ccc(COc2ccccc2-c2cc(Nc3ccc(CSNC4CCCC4)cc3)ncn2)cc1. The van der Waals surface area contributed by atoms with Crippen molar-refractivity contribution >= 4 is 23.5 Å². The van der Waals surface area contributed by atoms with Crippen LogP contribution in [-0.4, -0.2) is 16.0 Å². The summed E-state index contributed by atoms with van der Waals surface area (Å²) < 4.78 is 9.73. The van der Waals surface area contributed by atoms with Crippen LogP contribution in [0.2, 0.25) is 0 Å². The second-order valence-corrected chi connectivity index (χ2v) is 9.58. The van der Waals surface area contributed by atoms with Gasteiger partial charge in [-0.15, -0.1) is 0 Å². The van der Waals surface area contributed by atoms with Gasteiger partial charge in [0.15, 0.2) is 0 Å². The van der Waals surface area contributed by atoms with Gasteiger partial charge in [-0.25, -0.2) is 9.97 Å². The predicted molar refractivity (Wildman–Crippen MR) is 145 cm³/mol. The van der Waals surface area contributed by atoms with Gasteiger partial charge in [0.05, 0.1) is 5.69 Å². The van der Waals surface area contributed by atoms with E-state index < -0.39 is 0 Å². The van der Waals surface area contributed by atoms with Crippen molar-refractivity contribution < 1.29 is 4.74 Å². The summed E-state index contributed by atoms with van der Waals surface area (Å²) in [5, 5.41) is 3.41. The zero-order chi connectivity index (χ0) is 23.7. The Morgan fingerprint density at radius 2 is 1.60 bits per heavy atom. The van der Waals surface area contributed by atoms with Crippen LogP contribution in [0.15, 0.2) is 91.3 Å². The fourth-order valence-electron chi connectivity index (χ4n) is 4.23. The van der Waals surface area contributed by atoms with E-state index >= 15 is 0 Å². The highest BCUT2D eigenvalue weighted by Gasteiger charge is 2.14. The fourth-order valence-corrected chi connectivity index (χ4v) is 5.14. The van der Waals surface area contributed by atoms with Crippen molar-refractivity contribution in [3.63, 3.8) is 0 Å². The Labute approximate surface area is 211 Å². The Morgan fingerprint density at radius 1 is 0.829 bits per heavy atom. The molecule has 0 aliphatic heterocycles. The summed E-state index contributed by atoms with van der Waals surface area (Å²) in [6, 6.07) is 29.3. The van der Waals surface area contributed by atoms with Gasteiger partial charge in [-0.2, -0.15) is 0 Å². The van der Waals surface area contributed by atoms with E-state index in [0.717, 1.165) is 39.8 Å². The third-order valence-electron chi connectivity index (χ3n) is 6.14. The molecule has 0 atom stereocenters. The first-order valence-electron chi connectivity index (χ1n) is 12.1. The molecule has 0 saturated heterocycles. The quantitative estimate of drug-likeness (QED) is 0.234. The number of para-hydroxylation sites is 1. The molecule has 178 valence electrons. The number of hydrogen-bond donors (Lipinski definition) is 2. The zero-order valence-electron chi connectivity index (χ0n) is 19.7. The highest BCUT2D eigenvalue weighted by Crippen LogP contribution is 2.30. The standard InChI is InChI=1S/C29H30N4OS/c1-2-8-22(9-3-1)19-34-28-13-7-6-12-26(28)27-18-29(31-21-30-27)32-24-16-14-23(15-17-24)20-35-33-25-10-4-5-11-25/h1-3,6-9,12-18,21,25,33H,4-5,10-11,19-20H2,(H,30,31,32). The van der Waals surface area contributed by atoms with E-state index in [4.69, 9.17) is 4.74 Å². The van der Waals surface area contributed by atoms with Crippen molar-refractivity contribution in [2.45, 2.75) is 44.1 Å². The summed E-state index contributed by atoms with van der Waals surface area (Å²) in [6.07, 6.45) is 6.91. The molecular weight excluding hydrogens is 452 g/mol. The second kappa shape index (κ2) is 11.9. The van der Waals surface area contributed by atoms with Crippen molar-refractivity contribution in [2.75, 3.05) is 5.32 Å². The molecule has 1 aromatic heterocycles. The molecule has 1 fully saturated rings. The molecule has 1 aliphatic carbocycles. The van der Waals surface area contributed by atoms with Gasteiger partial charge in [0.1, 0.15) is 24.5 Å². The van der Waals surface area contributed by atoms with Gasteiger partial charge in [0.25, 0.3) is 0 Å². The Hall–Kier alpha value is -3.35. The van der Waals surface area contributed by atoms with E-state index in [9.17, 15) is 0 Å². The maximum absolute atomic E-state index is 6.13. The van der Waals surface area contributed by atoms with Crippen LogP contribution in [0.1, 0.15) is 36.8 Å². The third-order valence-corrected chi connectivity index (χ3v) is 7.12. The van der Waals surface area contributed by atoms with Crippen LogP contribution in [0.4, 0.5) is 11.5 Å². The first kappa shape index (κ1) is 23.4. The molecule has 2 N–H and O–H groups in total. The van der Waals surface area contributed by atoms with Crippen LogP contribution in [0, 0.1) is 0 Å². The van der Waals surface area contributed by atoms with Gasteiger partial charge in [0.2, 0.25) is 0 Å². The van der Waals surface area contributed by atoms with E-state index in [1.807, 2.05) is 60.5 Å². The number of hydrogen-bond acceptors (Lipinski definition) is 6. The Morgan fingerprint density at radius 3 is 2.43 bits per heavy atom. The molecule has 1 heterocycles. The molecule has 1 aliphatic rings. The molecule has 0 unspecified atom stereocenters. The fraction of sp³-hybridized carbons (Fsp3) is 0.241. The molecule has 0 radical (unpaired) electrons. The summed E-state index contributed by atoms with van der Waals surface area (Å²) in [4.78, 5) is 8.93. The van der Waals surface area contributed by atoms with Gasteiger partial charge in [-0.05, 0) is 48.2 Å². The molecule has 0 bridgehead atoms. The van der Waals surface area contributed by atoms with Crippen LogP contribution < -0.4 is 14.8 Å². The summed E-state index contributed by atoms with van der Waals surface area (Å²) in [5.41, 5.74) is 5.19. The first-order valence-corrected chi connectivity index (χ1v) is 13.1. The minimum atomic E-state index is 0.509. The monoisotopic (exact) mass is 482 g/mol. The third kappa shape index (κ3) is 6.62. The lowest BCUT2D eigenvalue weighted by Gasteiger charge is -2.13. The molecule has 3 aromatic carbocycles. The Kier molecular flexibility index (Phi) is 7.93. The highest BCUT2D eigenvalue weighted by molar-refractivity contribution is 7.96. The minimum absolute atomic E-state index is 0.509. The average Bonchev–Trinajstić information content (AvgIpc) is 3.43. The topological polar surface area (TPSA) is 59.1 Å². The van der Waals surface area contributed by atoms with Crippen LogP contribution in [0.3, 0.4) is 0 Å². The summed E-state index contributed by atoms with van der Waals surface area (Å²) >= 11 is 1.81. The van der Waals surface area contributed by atoms with Gasteiger partial charge in [-0.3, -0.25) is 4.72 Å². The molecular formula is C29H30N4OS. The van der Waals surface area contributed by atoms with Crippen molar-refractivity contribution in [3.05, 3.63) is 102 Å². The minimum Gasteiger partial charge on any atom is -0.488 e. The number of aromatic nitrogens is 2. The van der Waals surface area contributed by atoms with Gasteiger partial charge >= 0.3 is 0 Å². The number of nitrogens with zero attached hydrogens (tertiary/aromatic N) is 2. The lowest BCUT2D eigenvalue weighted by Crippen LogP contribution is -2.18. The summed E-state index contributed by atoms with van der Waals surface area (Å²) in [6.45, 7) is 0.509. The molecule has 4 aromatic rings. The summed E-state index contributed by atoms with van der Waals surface area (Å²) in [5.74, 6) is 2.51. The van der Waals surface area contributed by atoms with Gasteiger partial charge in [0, 0.05) is 29.1 Å². The molecule has 5 nitrogen and oxygen atoms in total. The van der Waals surface area contributed by atoms with Crippen molar-refractivity contribution in [2.24, 2.45) is 0 Å². The van der Waals surface area contributed by atoms with Crippen LogP contribution in [-0.2, 0) is 12.4 Å². The van der Waals surface area contributed by atoms with E-state index in [1.54, 1.807) is 6.33 Å². The van der Waals surface area contributed by atoms with Crippen molar-refractivity contribution in [1.82, 2.24) is 14.7 Å². The number of anilines is 2. The summed E-state index contributed by atoms with van der Waals surface area (Å²) in [7, 11) is 0. The lowest BCUT2D eigenvalue weighted by molar-refractivity contribution is 0.307. The van der Waals surface area contributed by atoms with Crippen molar-refractivity contribution in [1.29, 1.82) is 0 Å². The zero-order valence-corrected chi connectivity index (χ0v) is 20.5. The maximum Gasteiger partial charge on any atom is 0.134 e. The maximum atomic E-state index is 6.13. The number of ether oxygens (including phenoxy) is 1. The average molecular weight is 483 g/mol. The van der Waals surface area contributed by atoms with Crippen LogP contribution in [0.5, 0.6) is 5.75 Å². The smallest absolute Gasteiger partial charge is 0.134 e. The second-order valence-electron chi connectivity index (χ2n) is 8.77. The molecule has 0 spiro atoms. The van der Waals surface area contributed by atoms with Gasteiger partial charge in [-0.1, -0.05) is 79.4 Å². The number of nitrogens with one attached hydrogen (secondary N) is 2. The molecule has 1 saturated carbocycles. The number of rotatable bonds is 10. The molecule has 0 amide bonds. The van der Waals surface area contributed by atoms with E-state index in [2.05, 4.69) is 56.4 Å². The first-order chi connectivity index (χ1) is 17.3. The van der Waals surface area contributed by atoms with Crippen LogP contribution >= 0.6 is 11.9 Å². The molecule has 6 heteroatoms. The van der Waals surface area contributed by atoms with E-state index in [-0.39, 0.29) is 0 Å². The normalized spacial score (nSPS) is 13.6. The number of benzene rings is 3. The van der Waals surface area contributed by atoms with Crippen LogP contribution in [0.25, 0.3) is 11.3 Å². The highest BCUT2D eigenvalue weighted by atomic mass is 32.2. The largest absolute Gasteiger partial charge is 0.488 e. The Balaban J connectivity index is 1.21.